The van der Waals surface area contributed by atoms with Crippen LogP contribution < -0.4 is 10.3 Å². The van der Waals surface area contributed by atoms with E-state index in [-0.39, 0.29) is 18.0 Å². The fraction of sp³-hybridized carbons (Fsp3) is 0.450. The highest BCUT2D eigenvalue weighted by Gasteiger charge is 2.55. The molecule has 0 radical (unpaired) electrons. The van der Waals surface area contributed by atoms with Gasteiger partial charge >= 0.3 is 0 Å². The third-order valence-electron chi connectivity index (χ3n) is 5.69. The number of imidazole rings is 1. The molecule has 5 N–H and O–H groups in total. The fourth-order valence-electron chi connectivity index (χ4n) is 4.06. The van der Waals surface area contributed by atoms with Crippen molar-refractivity contribution >= 4 is 22.8 Å². The normalized spacial score (nSPS) is 25.9. The molecular weight excluding hydrogens is 404 g/mol. The number of hydrogen-bond acceptors (Lipinski definition) is 9. The van der Waals surface area contributed by atoms with Crippen LogP contribution in [0.4, 0.5) is 5.82 Å². The van der Waals surface area contributed by atoms with E-state index in [0.717, 1.165) is 0 Å². The monoisotopic (exact) mass is 429 g/mol. The predicted molar refractivity (Wildman–Crippen MR) is 108 cm³/mol. The number of aryl methyl sites for hydroxylation is 1. The Labute approximate surface area is 177 Å². The molecule has 0 aliphatic carbocycles. The molecule has 3 aromatic rings. The Morgan fingerprint density at radius 1 is 1.35 bits per heavy atom. The molecule has 1 saturated heterocycles. The zero-order valence-corrected chi connectivity index (χ0v) is 17.0. The van der Waals surface area contributed by atoms with Crippen molar-refractivity contribution < 1.29 is 29.4 Å². The number of carbonyl (C=O) groups is 1. The van der Waals surface area contributed by atoms with Crippen molar-refractivity contribution in [3.63, 3.8) is 0 Å². The summed E-state index contributed by atoms with van der Waals surface area (Å²) in [6.07, 6.45) is 3.51. The van der Waals surface area contributed by atoms with Gasteiger partial charge in [0.15, 0.2) is 35.4 Å². The molecule has 3 aromatic heterocycles. The molecule has 1 fully saturated rings. The third-order valence-corrected chi connectivity index (χ3v) is 5.69. The van der Waals surface area contributed by atoms with Crippen LogP contribution in [0.3, 0.4) is 0 Å². The molecule has 0 bridgehead atoms. The van der Waals surface area contributed by atoms with E-state index in [4.69, 9.17) is 10.5 Å². The molecule has 1 aliphatic heterocycles. The maximum atomic E-state index is 11.6. The Hall–Kier alpha value is -2.99. The number of nitrogens with zero attached hydrogens (tertiary/aromatic N) is 5. The number of carbonyl (C=O) groups excluding carboxylic acids is 1. The average molecular weight is 429 g/mol. The maximum absolute atomic E-state index is 11.6. The van der Waals surface area contributed by atoms with Gasteiger partial charge in [0, 0.05) is 18.9 Å². The van der Waals surface area contributed by atoms with E-state index in [0.29, 0.717) is 29.7 Å². The number of nitrogen functional groups attached to an aromatic ring is 1. The Morgan fingerprint density at radius 2 is 2.16 bits per heavy atom. The van der Waals surface area contributed by atoms with Gasteiger partial charge in [0.1, 0.15) is 36.7 Å². The van der Waals surface area contributed by atoms with Crippen LogP contribution in [0.5, 0.6) is 0 Å². The van der Waals surface area contributed by atoms with Crippen molar-refractivity contribution in [1.82, 2.24) is 19.5 Å². The number of pyridine rings is 1. The van der Waals surface area contributed by atoms with E-state index < -0.39 is 30.6 Å². The van der Waals surface area contributed by atoms with Crippen LogP contribution in [0.2, 0.25) is 0 Å². The van der Waals surface area contributed by atoms with Crippen LogP contribution in [0.1, 0.15) is 30.1 Å². The Morgan fingerprint density at radius 3 is 2.87 bits per heavy atom. The van der Waals surface area contributed by atoms with Crippen molar-refractivity contribution in [2.45, 2.75) is 50.3 Å². The summed E-state index contributed by atoms with van der Waals surface area (Å²) in [4.78, 5) is 24.0. The van der Waals surface area contributed by atoms with E-state index in [2.05, 4.69) is 15.0 Å². The van der Waals surface area contributed by atoms with Crippen molar-refractivity contribution in [1.29, 1.82) is 0 Å². The first kappa shape index (κ1) is 21.2. The third kappa shape index (κ3) is 3.65. The van der Waals surface area contributed by atoms with Crippen LogP contribution in [0, 0.1) is 0 Å². The summed E-state index contributed by atoms with van der Waals surface area (Å²) in [5, 5.41) is 31.1. The molecule has 4 rings (SSSR count). The molecule has 4 heterocycles. The van der Waals surface area contributed by atoms with Gasteiger partial charge in [0.2, 0.25) is 0 Å². The SMILES string of the molecule is CC(=O)c1ccc[n+](CCC[C@@]2(n3cnc4c(N)ncnc43)O[C@H](CO)[C@@H](O)[C@H]2O)c1. The van der Waals surface area contributed by atoms with E-state index in [1.165, 1.54) is 19.6 Å². The minimum Gasteiger partial charge on any atom is -0.394 e. The lowest BCUT2D eigenvalue weighted by atomic mass is 9.97. The second kappa shape index (κ2) is 8.27. The lowest BCUT2D eigenvalue weighted by Gasteiger charge is -2.33. The highest BCUT2D eigenvalue weighted by Crippen LogP contribution is 2.41. The largest absolute Gasteiger partial charge is 0.394 e. The fourth-order valence-corrected chi connectivity index (χ4v) is 4.06. The van der Waals surface area contributed by atoms with E-state index in [9.17, 15) is 20.1 Å². The van der Waals surface area contributed by atoms with Gasteiger partial charge < -0.3 is 25.8 Å². The number of aliphatic hydroxyl groups is 3. The summed E-state index contributed by atoms with van der Waals surface area (Å²) in [6, 6.07) is 3.54. The number of aromatic nitrogens is 5. The second-order valence-electron chi connectivity index (χ2n) is 7.66. The standard InChI is InChI=1S/C20H25N6O5/c1-12(28)13-4-2-6-25(8-13)7-3-5-20(17(30)16(29)14(9-27)31-20)26-11-24-15-18(21)22-10-23-19(15)26/h2,4,6,8,10-11,14,16-17,27,29-30H,3,5,7,9H2,1H3,(H2,21,22,23)/q+1/t14-,16-,17-,20-/m1/s1. The number of ketones is 1. The summed E-state index contributed by atoms with van der Waals surface area (Å²) < 4.78 is 9.44. The number of nitrogens with two attached hydrogens (primary N) is 1. The molecule has 0 saturated carbocycles. The van der Waals surface area contributed by atoms with Gasteiger partial charge in [-0.15, -0.1) is 0 Å². The molecule has 0 amide bonds. The Kier molecular flexibility index (Phi) is 5.67. The second-order valence-corrected chi connectivity index (χ2v) is 7.66. The molecule has 4 atom stereocenters. The quantitative estimate of drug-likeness (QED) is 0.277. The summed E-state index contributed by atoms with van der Waals surface area (Å²) >= 11 is 0. The van der Waals surface area contributed by atoms with E-state index in [1.807, 2.05) is 10.8 Å². The minimum absolute atomic E-state index is 0.0311. The number of rotatable bonds is 7. The highest BCUT2D eigenvalue weighted by molar-refractivity contribution is 5.93. The molecule has 0 unspecified atom stereocenters. The number of Topliss-reactive ketones (excluding diaryl/α,β-unsaturated/α-hetero) is 1. The van der Waals surface area contributed by atoms with E-state index in [1.54, 1.807) is 22.9 Å². The number of fused-ring (bicyclic) bond motifs is 1. The summed E-state index contributed by atoms with van der Waals surface area (Å²) in [5.41, 5.74) is 5.77. The molecule has 0 aromatic carbocycles. The summed E-state index contributed by atoms with van der Waals surface area (Å²) in [7, 11) is 0. The van der Waals surface area contributed by atoms with Gasteiger partial charge in [-0.05, 0) is 13.0 Å². The van der Waals surface area contributed by atoms with Gasteiger partial charge in [0.25, 0.3) is 0 Å². The van der Waals surface area contributed by atoms with Crippen LogP contribution in [0.15, 0.2) is 37.2 Å². The Balaban J connectivity index is 1.66. The van der Waals surface area contributed by atoms with Gasteiger partial charge in [-0.2, -0.15) is 0 Å². The summed E-state index contributed by atoms with van der Waals surface area (Å²) in [6.45, 7) is 1.58. The number of hydrogen-bond donors (Lipinski definition) is 4. The molecule has 11 nitrogen and oxygen atoms in total. The van der Waals surface area contributed by atoms with Gasteiger partial charge in [-0.3, -0.25) is 9.36 Å². The summed E-state index contributed by atoms with van der Waals surface area (Å²) in [5.74, 6) is 0.152. The Bertz CT molecular complexity index is 1100. The first-order chi connectivity index (χ1) is 14.9. The zero-order valence-electron chi connectivity index (χ0n) is 17.0. The van der Waals surface area contributed by atoms with Crippen LogP contribution in [-0.2, 0) is 17.0 Å². The van der Waals surface area contributed by atoms with Gasteiger partial charge in [-0.25, -0.2) is 19.5 Å². The van der Waals surface area contributed by atoms with Crippen LogP contribution >= 0.6 is 0 Å². The van der Waals surface area contributed by atoms with E-state index >= 15 is 0 Å². The lowest BCUT2D eigenvalue weighted by molar-refractivity contribution is -0.697. The maximum Gasteiger partial charge on any atom is 0.179 e. The van der Waals surface area contributed by atoms with Crippen LogP contribution in [-0.4, -0.2) is 65.5 Å². The molecule has 11 heteroatoms. The predicted octanol–water partition coefficient (Wildman–Crippen LogP) is -0.855. The lowest BCUT2D eigenvalue weighted by Crippen LogP contribution is -2.46. The smallest absolute Gasteiger partial charge is 0.179 e. The molecule has 164 valence electrons. The van der Waals surface area contributed by atoms with Crippen molar-refractivity contribution in [3.8, 4) is 0 Å². The van der Waals surface area contributed by atoms with Crippen molar-refractivity contribution in [2.24, 2.45) is 0 Å². The first-order valence-electron chi connectivity index (χ1n) is 9.96. The zero-order chi connectivity index (χ0) is 22.2. The first-order valence-corrected chi connectivity index (χ1v) is 9.96. The highest BCUT2D eigenvalue weighted by atomic mass is 16.6. The van der Waals surface area contributed by atoms with Crippen LogP contribution in [0.25, 0.3) is 11.2 Å². The average Bonchev–Trinajstić information content (AvgIpc) is 3.30. The number of ether oxygens (including phenoxy) is 1. The molecular formula is C20H25N6O5+. The molecule has 1 aliphatic rings. The minimum atomic E-state index is -1.42. The van der Waals surface area contributed by atoms with Gasteiger partial charge in [0.05, 0.1) is 18.5 Å². The van der Waals surface area contributed by atoms with Crippen molar-refractivity contribution in [2.75, 3.05) is 12.3 Å². The number of anilines is 1. The number of aliphatic hydroxyl groups excluding tert-OH is 3. The van der Waals surface area contributed by atoms with Gasteiger partial charge in [-0.1, -0.05) is 0 Å². The molecule has 0 spiro atoms. The molecule has 31 heavy (non-hydrogen) atoms. The van der Waals surface area contributed by atoms with Crippen molar-refractivity contribution in [3.05, 3.63) is 42.7 Å². The topological polar surface area (TPSA) is 160 Å².